The normalized spacial score (nSPS) is 10.6. The van der Waals surface area contributed by atoms with Gasteiger partial charge in [0.1, 0.15) is 0 Å². The summed E-state index contributed by atoms with van der Waals surface area (Å²) in [4.78, 5) is 11.4. The molecule has 0 aliphatic carbocycles. The second-order valence-electron chi connectivity index (χ2n) is 3.17. The van der Waals surface area contributed by atoms with E-state index >= 15 is 0 Å². The highest BCUT2D eigenvalue weighted by Crippen LogP contribution is 1.97. The molecule has 1 aromatic heterocycles. The molecule has 1 heterocycles. The van der Waals surface area contributed by atoms with Gasteiger partial charge in [0, 0.05) is 17.8 Å². The van der Waals surface area contributed by atoms with E-state index in [-0.39, 0.29) is 5.56 Å². The van der Waals surface area contributed by atoms with E-state index in [4.69, 9.17) is 0 Å². The van der Waals surface area contributed by atoms with Gasteiger partial charge >= 0.3 is 0 Å². The van der Waals surface area contributed by atoms with Crippen LogP contribution in [0.15, 0.2) is 4.79 Å². The van der Waals surface area contributed by atoms with Crippen molar-refractivity contribution >= 4 is 0 Å². The van der Waals surface area contributed by atoms with Crippen molar-refractivity contribution in [1.82, 2.24) is 9.78 Å². The number of hydrogen-bond acceptors (Lipinski definition) is 1. The molecule has 0 unspecified atom stereocenters. The number of nitrogens with one attached hydrogen (secondary N) is 1. The number of rotatable bonds is 3. The summed E-state index contributed by atoms with van der Waals surface area (Å²) in [5.74, 6) is 0. The summed E-state index contributed by atoms with van der Waals surface area (Å²) in [5, 5.41) is 3.05. The lowest BCUT2D eigenvalue weighted by molar-refractivity contribution is 0.554. The molecule has 0 saturated carbocycles. The smallest absolute Gasteiger partial charge is 0.269 e. The van der Waals surface area contributed by atoms with Crippen LogP contribution in [0.2, 0.25) is 0 Å². The van der Waals surface area contributed by atoms with E-state index in [1.54, 1.807) is 4.68 Å². The molecule has 68 valence electrons. The Morgan fingerprint density at radius 2 is 2.08 bits per heavy atom. The van der Waals surface area contributed by atoms with Gasteiger partial charge in [-0.15, -0.1) is 0 Å². The average Bonchev–Trinajstić information content (AvgIpc) is 2.30. The highest BCUT2D eigenvalue weighted by atomic mass is 16.1. The second-order valence-corrected chi connectivity index (χ2v) is 3.17. The van der Waals surface area contributed by atoms with Crippen LogP contribution >= 0.6 is 0 Å². The van der Waals surface area contributed by atoms with Crippen molar-refractivity contribution in [2.24, 2.45) is 0 Å². The first kappa shape index (κ1) is 9.10. The second kappa shape index (κ2) is 3.61. The molecule has 0 fully saturated rings. The molecule has 0 aliphatic rings. The molecular weight excluding hydrogens is 152 g/mol. The van der Waals surface area contributed by atoms with E-state index in [9.17, 15) is 4.79 Å². The third-order valence-electron chi connectivity index (χ3n) is 2.17. The largest absolute Gasteiger partial charge is 0.300 e. The summed E-state index contributed by atoms with van der Waals surface area (Å²) in [6.45, 7) is 6.72. The van der Waals surface area contributed by atoms with Gasteiger partial charge in [0.25, 0.3) is 5.56 Å². The van der Waals surface area contributed by atoms with E-state index in [0.29, 0.717) is 0 Å². The first-order chi connectivity index (χ1) is 5.66. The summed E-state index contributed by atoms with van der Waals surface area (Å²) in [6, 6.07) is 0. The van der Waals surface area contributed by atoms with Crippen molar-refractivity contribution in [3.63, 3.8) is 0 Å². The summed E-state index contributed by atoms with van der Waals surface area (Å²) >= 11 is 0. The molecule has 1 N–H and O–H groups in total. The Hall–Kier alpha value is -0.990. The van der Waals surface area contributed by atoms with E-state index in [1.807, 2.05) is 13.8 Å². The molecule has 3 nitrogen and oxygen atoms in total. The number of nitrogens with zero attached hydrogens (tertiary/aromatic N) is 1. The molecule has 0 aliphatic heterocycles. The highest BCUT2D eigenvalue weighted by molar-refractivity contribution is 5.12. The number of aromatic amines is 1. The van der Waals surface area contributed by atoms with Gasteiger partial charge in [-0.25, -0.2) is 0 Å². The summed E-state index contributed by atoms with van der Waals surface area (Å²) < 4.78 is 1.69. The van der Waals surface area contributed by atoms with E-state index in [0.717, 1.165) is 30.6 Å². The van der Waals surface area contributed by atoms with Crippen LogP contribution in [0, 0.1) is 13.8 Å². The van der Waals surface area contributed by atoms with Gasteiger partial charge in [-0.2, -0.15) is 0 Å². The summed E-state index contributed by atoms with van der Waals surface area (Å²) in [7, 11) is 0. The van der Waals surface area contributed by atoms with Crippen LogP contribution in [0.5, 0.6) is 0 Å². The standard InChI is InChI=1S/C9H16N2O/c1-4-5-6-11-9(12)7(2)8(3)10-11/h10H,4-6H2,1-3H3. The molecule has 0 amide bonds. The molecule has 1 aromatic rings. The van der Waals surface area contributed by atoms with Gasteiger partial charge < -0.3 is 0 Å². The van der Waals surface area contributed by atoms with Crippen molar-refractivity contribution in [3.8, 4) is 0 Å². The Labute approximate surface area is 72.4 Å². The molecular formula is C9H16N2O. The minimum Gasteiger partial charge on any atom is -0.300 e. The molecule has 12 heavy (non-hydrogen) atoms. The number of hydrogen-bond donors (Lipinski definition) is 1. The van der Waals surface area contributed by atoms with Gasteiger partial charge in [0.2, 0.25) is 0 Å². The Balaban J connectivity index is 2.87. The predicted octanol–water partition coefficient (Wildman–Crippen LogP) is 1.59. The minimum atomic E-state index is 0.126. The van der Waals surface area contributed by atoms with Crippen molar-refractivity contribution in [3.05, 3.63) is 21.6 Å². The van der Waals surface area contributed by atoms with Crippen molar-refractivity contribution in [1.29, 1.82) is 0 Å². The summed E-state index contributed by atoms with van der Waals surface area (Å²) in [6.07, 6.45) is 2.17. The van der Waals surface area contributed by atoms with Crippen LogP contribution in [-0.2, 0) is 6.54 Å². The minimum absolute atomic E-state index is 0.126. The Kier molecular flexibility index (Phi) is 2.74. The number of aromatic nitrogens is 2. The lowest BCUT2D eigenvalue weighted by Gasteiger charge is -1.97. The molecule has 0 spiro atoms. The van der Waals surface area contributed by atoms with E-state index < -0.39 is 0 Å². The Morgan fingerprint density at radius 1 is 1.42 bits per heavy atom. The van der Waals surface area contributed by atoms with Gasteiger partial charge in [-0.1, -0.05) is 13.3 Å². The first-order valence-corrected chi connectivity index (χ1v) is 4.42. The van der Waals surface area contributed by atoms with Crippen LogP contribution in [0.25, 0.3) is 0 Å². The predicted molar refractivity (Wildman–Crippen MR) is 49.4 cm³/mol. The molecule has 0 aromatic carbocycles. The maximum absolute atomic E-state index is 11.4. The zero-order valence-electron chi connectivity index (χ0n) is 7.98. The monoisotopic (exact) mass is 168 g/mol. The SMILES string of the molecule is CCCCn1[nH]c(C)c(C)c1=O. The molecule has 0 radical (unpaired) electrons. The quantitative estimate of drug-likeness (QED) is 0.731. The van der Waals surface area contributed by atoms with E-state index in [2.05, 4.69) is 12.0 Å². The summed E-state index contributed by atoms with van der Waals surface area (Å²) in [5.41, 5.74) is 1.95. The number of H-pyrrole nitrogens is 1. The van der Waals surface area contributed by atoms with Crippen LogP contribution in [-0.4, -0.2) is 9.78 Å². The third kappa shape index (κ3) is 1.60. The Bertz CT molecular complexity index is 309. The Morgan fingerprint density at radius 3 is 2.50 bits per heavy atom. The van der Waals surface area contributed by atoms with E-state index in [1.165, 1.54) is 0 Å². The zero-order valence-corrected chi connectivity index (χ0v) is 7.98. The molecule has 0 atom stereocenters. The number of unbranched alkanes of at least 4 members (excludes halogenated alkanes) is 1. The van der Waals surface area contributed by atoms with Gasteiger partial charge in [0.05, 0.1) is 0 Å². The highest BCUT2D eigenvalue weighted by Gasteiger charge is 2.04. The van der Waals surface area contributed by atoms with Gasteiger partial charge in [-0.05, 0) is 20.3 Å². The first-order valence-electron chi connectivity index (χ1n) is 4.42. The van der Waals surface area contributed by atoms with Crippen molar-refractivity contribution in [2.75, 3.05) is 0 Å². The molecule has 3 heteroatoms. The van der Waals surface area contributed by atoms with Gasteiger partial charge in [-0.3, -0.25) is 14.6 Å². The van der Waals surface area contributed by atoms with Crippen LogP contribution < -0.4 is 5.56 Å². The maximum Gasteiger partial charge on any atom is 0.269 e. The fraction of sp³-hybridized carbons (Fsp3) is 0.667. The molecule has 1 rings (SSSR count). The van der Waals surface area contributed by atoms with Crippen molar-refractivity contribution < 1.29 is 0 Å². The number of aryl methyl sites for hydroxylation is 2. The third-order valence-corrected chi connectivity index (χ3v) is 2.17. The van der Waals surface area contributed by atoms with Crippen LogP contribution in [0.3, 0.4) is 0 Å². The average molecular weight is 168 g/mol. The fourth-order valence-electron chi connectivity index (χ4n) is 1.17. The fourth-order valence-corrected chi connectivity index (χ4v) is 1.17. The lowest BCUT2D eigenvalue weighted by Crippen LogP contribution is -2.17. The zero-order chi connectivity index (χ0) is 9.14. The van der Waals surface area contributed by atoms with Gasteiger partial charge in [0.15, 0.2) is 0 Å². The topological polar surface area (TPSA) is 37.8 Å². The van der Waals surface area contributed by atoms with Crippen LogP contribution in [0.1, 0.15) is 31.0 Å². The molecule has 0 bridgehead atoms. The van der Waals surface area contributed by atoms with Crippen LogP contribution in [0.4, 0.5) is 0 Å². The maximum atomic E-state index is 11.4. The molecule has 0 saturated heterocycles. The lowest BCUT2D eigenvalue weighted by atomic mass is 10.3. The van der Waals surface area contributed by atoms with Crippen molar-refractivity contribution in [2.45, 2.75) is 40.2 Å².